The molecule has 3 aromatic rings. The minimum Gasteiger partial charge on any atom is -0.447 e. The first-order valence-corrected chi connectivity index (χ1v) is 18.0. The first-order chi connectivity index (χ1) is 26.1. The quantitative estimate of drug-likeness (QED) is 0.0285. The Morgan fingerprint density at radius 3 is 2.09 bits per heavy atom. The van der Waals surface area contributed by atoms with Crippen molar-refractivity contribution in [2.75, 3.05) is 65.9 Å². The molecule has 54 heavy (non-hydrogen) atoms. The predicted octanol–water partition coefficient (Wildman–Crippen LogP) is 3.14. The summed E-state index contributed by atoms with van der Waals surface area (Å²) in [5.74, 6) is 6.31. The van der Waals surface area contributed by atoms with Crippen molar-refractivity contribution < 1.29 is 60.9 Å². The molecule has 0 bridgehead atoms. The minimum atomic E-state index is -4.24. The van der Waals surface area contributed by atoms with Gasteiger partial charge < -0.3 is 38.5 Å². The monoisotopic (exact) mass is 770 g/mol. The third-order valence-electron chi connectivity index (χ3n) is 7.11. The van der Waals surface area contributed by atoms with Crippen molar-refractivity contribution in [2.24, 2.45) is 0 Å². The highest BCUT2D eigenvalue weighted by Gasteiger charge is 2.24. The number of amides is 2. The standard InChI is InChI=1S/C35H38N4O14S/c40-33(50-23-21-49-22-24-51-35(42)52-30-13-11-29(12-14-30)39(43)44)36-15-17-47-19-20-48-18-16-37-54(45,46)38-34(41)53-32-25-28-7-2-1-5-26(28)9-10-27-6-3-4-8-31(27)32/h1-8,11-14,32,37H,15-25H2,(H,36,40)(H,38,41). The summed E-state index contributed by atoms with van der Waals surface area (Å²) in [6, 6.07) is 19.6. The van der Waals surface area contributed by atoms with Gasteiger partial charge >= 0.3 is 28.6 Å². The number of ether oxygens (including phenoxy) is 7. The number of nitrogens with one attached hydrogen (secondary N) is 3. The van der Waals surface area contributed by atoms with E-state index in [0.717, 1.165) is 11.1 Å². The fourth-order valence-electron chi connectivity index (χ4n) is 4.65. The smallest absolute Gasteiger partial charge is 0.447 e. The Balaban J connectivity index is 0.968. The van der Waals surface area contributed by atoms with Crippen LogP contribution in [0.15, 0.2) is 72.8 Å². The van der Waals surface area contributed by atoms with E-state index in [1.165, 1.54) is 24.3 Å². The van der Waals surface area contributed by atoms with Crippen LogP contribution in [-0.2, 0) is 45.1 Å². The number of non-ortho nitro benzene ring substituents is 1. The average molecular weight is 771 g/mol. The van der Waals surface area contributed by atoms with Crippen LogP contribution in [0.3, 0.4) is 0 Å². The van der Waals surface area contributed by atoms with Crippen molar-refractivity contribution in [3.8, 4) is 17.6 Å². The zero-order valence-corrected chi connectivity index (χ0v) is 29.7. The van der Waals surface area contributed by atoms with E-state index in [4.69, 9.17) is 33.2 Å². The van der Waals surface area contributed by atoms with Gasteiger partial charge in [0, 0.05) is 48.3 Å². The molecule has 0 fully saturated rings. The van der Waals surface area contributed by atoms with Crippen molar-refractivity contribution in [3.63, 3.8) is 0 Å². The Labute approximate surface area is 310 Å². The molecule has 0 aromatic heterocycles. The van der Waals surface area contributed by atoms with Gasteiger partial charge in [-0.3, -0.25) is 10.1 Å². The lowest BCUT2D eigenvalue weighted by atomic mass is 9.92. The topological polar surface area (TPSA) is 229 Å². The van der Waals surface area contributed by atoms with Crippen LogP contribution in [0.1, 0.15) is 28.4 Å². The van der Waals surface area contributed by atoms with Crippen LogP contribution in [0.2, 0.25) is 0 Å². The van der Waals surface area contributed by atoms with Crippen molar-refractivity contribution >= 4 is 34.2 Å². The lowest BCUT2D eigenvalue weighted by molar-refractivity contribution is -0.384. The second-order valence-electron chi connectivity index (χ2n) is 10.9. The van der Waals surface area contributed by atoms with Gasteiger partial charge in [0.15, 0.2) is 0 Å². The Morgan fingerprint density at radius 1 is 0.741 bits per heavy atom. The SMILES string of the molecule is O=C(NCCOCCOCCNS(=O)(=O)NC(=O)OC1Cc2ccccc2C#Cc2ccccc21)OCCOCCOC(=O)Oc1ccc([N+](=O)[O-])cc1. The molecule has 3 N–H and O–H groups in total. The predicted molar refractivity (Wildman–Crippen MR) is 189 cm³/mol. The van der Waals surface area contributed by atoms with Crippen molar-refractivity contribution in [1.29, 1.82) is 0 Å². The van der Waals surface area contributed by atoms with E-state index in [-0.39, 0.29) is 77.4 Å². The van der Waals surface area contributed by atoms with Crippen LogP contribution in [0.4, 0.5) is 20.1 Å². The Hall–Kier alpha value is -5.78. The van der Waals surface area contributed by atoms with E-state index >= 15 is 0 Å². The number of nitro groups is 1. The van der Waals surface area contributed by atoms with Crippen LogP contribution in [0, 0.1) is 22.0 Å². The van der Waals surface area contributed by atoms with E-state index in [1.54, 1.807) is 12.1 Å². The summed E-state index contributed by atoms with van der Waals surface area (Å²) in [6.07, 6.45) is -3.30. The first-order valence-electron chi connectivity index (χ1n) is 16.5. The summed E-state index contributed by atoms with van der Waals surface area (Å²) >= 11 is 0. The molecule has 4 rings (SSSR count). The number of hydrogen-bond donors (Lipinski definition) is 3. The van der Waals surface area contributed by atoms with Gasteiger partial charge in [-0.1, -0.05) is 48.2 Å². The number of nitrogens with zero attached hydrogens (tertiary/aromatic N) is 1. The van der Waals surface area contributed by atoms with Crippen LogP contribution in [0.5, 0.6) is 5.75 Å². The molecule has 18 nitrogen and oxygen atoms in total. The average Bonchev–Trinajstić information content (AvgIpc) is 3.13. The fourth-order valence-corrected chi connectivity index (χ4v) is 5.34. The molecule has 2 amide bonds. The van der Waals surface area contributed by atoms with E-state index in [9.17, 15) is 32.9 Å². The summed E-state index contributed by atoms with van der Waals surface area (Å²) in [6.45, 7) is 0.345. The number of fused-ring (bicyclic) bond motifs is 2. The summed E-state index contributed by atoms with van der Waals surface area (Å²) in [5, 5.41) is 13.1. The number of nitro benzene ring substituents is 1. The van der Waals surface area contributed by atoms with Crippen molar-refractivity contribution in [3.05, 3.63) is 105 Å². The van der Waals surface area contributed by atoms with Gasteiger partial charge in [-0.05, 0) is 29.8 Å². The number of benzene rings is 3. The van der Waals surface area contributed by atoms with E-state index in [2.05, 4.69) is 21.9 Å². The number of hydrogen-bond acceptors (Lipinski definition) is 14. The minimum absolute atomic E-state index is 0.00416. The second-order valence-corrected chi connectivity index (χ2v) is 12.4. The molecular weight excluding hydrogens is 732 g/mol. The van der Waals surface area contributed by atoms with E-state index in [1.807, 2.05) is 41.1 Å². The van der Waals surface area contributed by atoms with Crippen molar-refractivity contribution in [1.82, 2.24) is 14.8 Å². The molecule has 0 aliphatic heterocycles. The number of carbonyl (C=O) groups excluding carboxylic acids is 3. The third-order valence-corrected chi connectivity index (χ3v) is 8.13. The first kappa shape index (κ1) is 41.0. The Morgan fingerprint density at radius 2 is 1.35 bits per heavy atom. The largest absolute Gasteiger partial charge is 0.513 e. The van der Waals surface area contributed by atoms with Crippen LogP contribution in [-0.4, -0.2) is 97.6 Å². The van der Waals surface area contributed by atoms with Crippen molar-refractivity contribution in [2.45, 2.75) is 12.5 Å². The van der Waals surface area contributed by atoms with Gasteiger partial charge in [0.1, 0.15) is 25.1 Å². The number of rotatable bonds is 20. The highest BCUT2D eigenvalue weighted by atomic mass is 32.2. The van der Waals surface area contributed by atoms with Gasteiger partial charge in [-0.25, -0.2) is 19.1 Å². The van der Waals surface area contributed by atoms with Gasteiger partial charge in [0.2, 0.25) is 0 Å². The Bertz CT molecular complexity index is 1900. The van der Waals surface area contributed by atoms with Gasteiger partial charge in [-0.2, -0.15) is 13.1 Å². The zero-order valence-electron chi connectivity index (χ0n) is 28.9. The van der Waals surface area contributed by atoms with Gasteiger partial charge in [0.25, 0.3) is 5.69 Å². The molecule has 1 unspecified atom stereocenters. The van der Waals surface area contributed by atoms with Crippen LogP contribution < -0.4 is 19.5 Å². The maximum Gasteiger partial charge on any atom is 0.513 e. The Kier molecular flexibility index (Phi) is 16.5. The number of carbonyl (C=O) groups is 3. The van der Waals surface area contributed by atoms with Crippen LogP contribution in [0.25, 0.3) is 0 Å². The van der Waals surface area contributed by atoms with Gasteiger partial charge in [0.05, 0.1) is 44.6 Å². The molecule has 1 aliphatic carbocycles. The molecule has 0 heterocycles. The van der Waals surface area contributed by atoms with Gasteiger partial charge in [-0.15, -0.1) is 0 Å². The molecule has 19 heteroatoms. The molecular formula is C35H38N4O14S. The van der Waals surface area contributed by atoms with E-state index in [0.29, 0.717) is 17.5 Å². The normalized spacial score (nSPS) is 13.0. The molecule has 0 saturated heterocycles. The summed E-state index contributed by atoms with van der Waals surface area (Å²) in [7, 11) is -4.24. The molecule has 3 aromatic carbocycles. The maximum absolute atomic E-state index is 12.6. The third kappa shape index (κ3) is 14.7. The van der Waals surface area contributed by atoms with E-state index < -0.39 is 39.6 Å². The molecule has 288 valence electrons. The zero-order chi connectivity index (χ0) is 38.6. The highest BCUT2D eigenvalue weighted by molar-refractivity contribution is 7.88. The molecule has 1 atom stereocenters. The summed E-state index contributed by atoms with van der Waals surface area (Å²) in [4.78, 5) is 46.1. The molecule has 0 spiro atoms. The maximum atomic E-state index is 12.6. The highest BCUT2D eigenvalue weighted by Crippen LogP contribution is 2.28. The second kappa shape index (κ2) is 21.7. The summed E-state index contributed by atoms with van der Waals surface area (Å²) in [5.41, 5.74) is 2.86. The molecule has 0 radical (unpaired) electrons. The lowest BCUT2D eigenvalue weighted by Gasteiger charge is -2.22. The molecule has 1 aliphatic rings. The van der Waals surface area contributed by atoms with Crippen LogP contribution >= 0.6 is 0 Å². The lowest BCUT2D eigenvalue weighted by Crippen LogP contribution is -2.42. The summed E-state index contributed by atoms with van der Waals surface area (Å²) < 4.78 is 65.0. The number of alkyl carbamates (subject to hydrolysis) is 1. The molecule has 0 saturated carbocycles. The fraction of sp³-hybridized carbons (Fsp3) is 0.343.